The van der Waals surface area contributed by atoms with Gasteiger partial charge in [0, 0.05) is 21.2 Å². The molecule has 2 N–H and O–H groups in total. The number of nitrogens with zero attached hydrogens (tertiary/aromatic N) is 4. The minimum absolute atomic E-state index is 0.211. The molecule has 2 aliphatic heterocycles. The van der Waals surface area contributed by atoms with Crippen molar-refractivity contribution in [1.29, 1.82) is 0 Å². The Morgan fingerprint density at radius 3 is 2.47 bits per heavy atom. The SMILES string of the molecule is CC(C)(C)[Si]1(C(C)(C)C)OC[C@H]2O[C@@H](c3cnn4c(NC(=O)c5ccccc5)ncnc34)[C@@H](O)C2O1. The molecule has 2 saturated heterocycles. The van der Waals surface area contributed by atoms with Gasteiger partial charge in [0.05, 0.1) is 12.8 Å². The quantitative estimate of drug-likeness (QED) is 0.512. The van der Waals surface area contributed by atoms with E-state index in [0.717, 1.165) is 0 Å². The molecule has 11 heteroatoms. The lowest BCUT2D eigenvalue weighted by Gasteiger charge is -2.53. The molecule has 1 amide bonds. The number of aromatic nitrogens is 4. The number of benzene rings is 1. The first-order chi connectivity index (χ1) is 16.9. The van der Waals surface area contributed by atoms with Crippen molar-refractivity contribution < 1.29 is 23.5 Å². The van der Waals surface area contributed by atoms with Crippen molar-refractivity contribution in [3.8, 4) is 0 Å². The molecule has 2 fully saturated rings. The van der Waals surface area contributed by atoms with Crippen molar-refractivity contribution in [3.05, 3.63) is 54.0 Å². The number of ether oxygens (including phenoxy) is 1. The fourth-order valence-corrected chi connectivity index (χ4v) is 10.5. The summed E-state index contributed by atoms with van der Waals surface area (Å²) in [4.78, 5) is 21.2. The third-order valence-electron chi connectivity index (χ3n) is 6.96. The number of anilines is 1. The lowest BCUT2D eigenvalue weighted by atomic mass is 10.0. The van der Waals surface area contributed by atoms with Gasteiger partial charge in [-0.1, -0.05) is 59.7 Å². The number of carbonyl (C=O) groups is 1. The van der Waals surface area contributed by atoms with E-state index in [2.05, 4.69) is 61.9 Å². The Morgan fingerprint density at radius 2 is 1.81 bits per heavy atom. The minimum Gasteiger partial charge on any atom is -0.391 e. The predicted octanol–water partition coefficient (Wildman–Crippen LogP) is 3.64. The van der Waals surface area contributed by atoms with Gasteiger partial charge in [-0.25, -0.2) is 9.97 Å². The van der Waals surface area contributed by atoms with E-state index in [0.29, 0.717) is 23.4 Å². The van der Waals surface area contributed by atoms with E-state index in [4.69, 9.17) is 13.6 Å². The standard InChI is InChI=1S/C25H33N5O5Si/c1-24(2,3)36(25(4,5)6)33-13-17-20(35-36)18(31)19(34-17)16-12-28-30-21(16)26-14-27-23(30)29-22(32)15-10-8-7-9-11-15/h7-12,14,17-20,31H,13H2,1-6H3,(H,26,27,29,32)/t17-,18-,19+,20?/m1/s1. The molecule has 4 atom stereocenters. The van der Waals surface area contributed by atoms with Gasteiger partial charge in [0.2, 0.25) is 5.95 Å². The third-order valence-corrected chi connectivity index (χ3v) is 12.1. The zero-order valence-corrected chi connectivity index (χ0v) is 22.4. The maximum absolute atomic E-state index is 12.7. The number of hydrogen-bond donors (Lipinski definition) is 2. The van der Waals surface area contributed by atoms with Crippen LogP contribution in [0.25, 0.3) is 5.65 Å². The second kappa shape index (κ2) is 8.70. The molecule has 4 heterocycles. The van der Waals surface area contributed by atoms with Crippen LogP contribution in [0.1, 0.15) is 63.6 Å². The number of aliphatic hydroxyl groups is 1. The van der Waals surface area contributed by atoms with Crippen molar-refractivity contribution in [3.63, 3.8) is 0 Å². The largest absolute Gasteiger partial charge is 0.391 e. The lowest BCUT2D eigenvalue weighted by Crippen LogP contribution is -2.65. The average Bonchev–Trinajstić information content (AvgIpc) is 3.39. The molecular formula is C25H33N5O5Si. The number of hydrogen-bond acceptors (Lipinski definition) is 8. The summed E-state index contributed by atoms with van der Waals surface area (Å²) < 4.78 is 20.9. The molecule has 0 bridgehead atoms. The zero-order valence-electron chi connectivity index (χ0n) is 21.4. The van der Waals surface area contributed by atoms with Gasteiger partial charge >= 0.3 is 8.56 Å². The van der Waals surface area contributed by atoms with Gasteiger partial charge in [-0.2, -0.15) is 9.61 Å². The molecule has 0 aliphatic carbocycles. The molecule has 192 valence electrons. The van der Waals surface area contributed by atoms with Crippen LogP contribution in [-0.2, 0) is 13.6 Å². The maximum atomic E-state index is 12.7. The van der Waals surface area contributed by atoms with Gasteiger partial charge in [-0.3, -0.25) is 10.1 Å². The van der Waals surface area contributed by atoms with Crippen LogP contribution in [0.4, 0.5) is 5.95 Å². The summed E-state index contributed by atoms with van der Waals surface area (Å²) in [7, 11) is -2.78. The first-order valence-electron chi connectivity index (χ1n) is 12.1. The van der Waals surface area contributed by atoms with E-state index >= 15 is 0 Å². The second-order valence-electron chi connectivity index (χ2n) is 11.4. The predicted molar refractivity (Wildman–Crippen MR) is 135 cm³/mol. The molecule has 10 nitrogen and oxygen atoms in total. The Kier molecular flexibility index (Phi) is 6.03. The number of rotatable bonds is 3. The van der Waals surface area contributed by atoms with Gasteiger partial charge in [-0.15, -0.1) is 0 Å². The molecule has 36 heavy (non-hydrogen) atoms. The monoisotopic (exact) mass is 511 g/mol. The zero-order chi connectivity index (χ0) is 25.9. The Labute approximate surface area is 211 Å². The van der Waals surface area contributed by atoms with Crippen molar-refractivity contribution in [2.75, 3.05) is 11.9 Å². The summed E-state index contributed by atoms with van der Waals surface area (Å²) in [5.74, 6) is -0.0940. The molecule has 1 aromatic carbocycles. The van der Waals surface area contributed by atoms with Crippen LogP contribution in [0.15, 0.2) is 42.9 Å². The Morgan fingerprint density at radius 1 is 1.11 bits per heavy atom. The molecule has 3 aromatic rings. The van der Waals surface area contributed by atoms with E-state index in [-0.39, 0.29) is 21.9 Å². The highest BCUT2D eigenvalue weighted by Crippen LogP contribution is 2.56. The minimum atomic E-state index is -2.78. The van der Waals surface area contributed by atoms with Crippen LogP contribution in [0.2, 0.25) is 10.1 Å². The highest BCUT2D eigenvalue weighted by atomic mass is 28.4. The fraction of sp³-hybridized carbons (Fsp3) is 0.520. The molecule has 0 radical (unpaired) electrons. The van der Waals surface area contributed by atoms with Crippen molar-refractivity contribution in [1.82, 2.24) is 19.6 Å². The summed E-state index contributed by atoms with van der Waals surface area (Å²) >= 11 is 0. The van der Waals surface area contributed by atoms with Gasteiger partial charge in [0.15, 0.2) is 5.65 Å². The van der Waals surface area contributed by atoms with Crippen molar-refractivity contribution in [2.24, 2.45) is 0 Å². The van der Waals surface area contributed by atoms with Crippen molar-refractivity contribution in [2.45, 2.75) is 76.0 Å². The molecular weight excluding hydrogens is 478 g/mol. The molecule has 2 aromatic heterocycles. The first-order valence-corrected chi connectivity index (χ1v) is 13.9. The summed E-state index contributed by atoms with van der Waals surface area (Å²) in [6, 6.07) is 8.85. The number of nitrogens with one attached hydrogen (secondary N) is 1. The van der Waals surface area contributed by atoms with Crippen LogP contribution < -0.4 is 5.32 Å². The molecule has 0 saturated carbocycles. The van der Waals surface area contributed by atoms with E-state index in [9.17, 15) is 9.90 Å². The number of amides is 1. The molecule has 2 aliphatic rings. The van der Waals surface area contributed by atoms with Crippen LogP contribution in [-0.4, -0.2) is 64.1 Å². The lowest BCUT2D eigenvalue weighted by molar-refractivity contribution is -0.0720. The van der Waals surface area contributed by atoms with E-state index in [1.54, 1.807) is 30.5 Å². The summed E-state index contributed by atoms with van der Waals surface area (Å²) in [5, 5.41) is 18.2. The summed E-state index contributed by atoms with van der Waals surface area (Å²) in [6.45, 7) is 13.2. The fourth-order valence-electron chi connectivity index (χ4n) is 5.49. The van der Waals surface area contributed by atoms with Crippen LogP contribution in [0, 0.1) is 0 Å². The first kappa shape index (κ1) is 25.0. The average molecular weight is 512 g/mol. The summed E-state index contributed by atoms with van der Waals surface area (Å²) in [6.07, 6.45) is 0.366. The normalized spacial score (nSPS) is 26.1. The van der Waals surface area contributed by atoms with Gasteiger partial charge in [0.25, 0.3) is 5.91 Å². The van der Waals surface area contributed by atoms with E-state index in [1.165, 1.54) is 10.8 Å². The highest BCUT2D eigenvalue weighted by molar-refractivity contribution is 6.73. The number of fused-ring (bicyclic) bond motifs is 2. The Bertz CT molecular complexity index is 1260. The van der Waals surface area contributed by atoms with Gasteiger partial charge in [0.1, 0.15) is 30.7 Å². The molecule has 0 spiro atoms. The van der Waals surface area contributed by atoms with Gasteiger partial charge in [-0.05, 0) is 12.1 Å². The Balaban J connectivity index is 1.43. The van der Waals surface area contributed by atoms with Crippen molar-refractivity contribution >= 4 is 26.1 Å². The molecule has 5 rings (SSSR count). The maximum Gasteiger partial charge on any atom is 0.349 e. The van der Waals surface area contributed by atoms with E-state index < -0.39 is 33.0 Å². The van der Waals surface area contributed by atoms with E-state index in [1.807, 2.05) is 6.07 Å². The number of aliphatic hydroxyl groups excluding tert-OH is 1. The highest BCUT2D eigenvalue weighted by Gasteiger charge is 2.65. The smallest absolute Gasteiger partial charge is 0.349 e. The van der Waals surface area contributed by atoms with Gasteiger partial charge < -0.3 is 18.7 Å². The topological polar surface area (TPSA) is 120 Å². The third kappa shape index (κ3) is 3.95. The van der Waals surface area contributed by atoms with Crippen LogP contribution >= 0.6 is 0 Å². The number of carbonyl (C=O) groups excluding carboxylic acids is 1. The Hall–Kier alpha value is -2.70. The second-order valence-corrected chi connectivity index (χ2v) is 16.2. The summed E-state index contributed by atoms with van der Waals surface area (Å²) in [5.41, 5.74) is 1.53. The molecule has 1 unspecified atom stereocenters. The van der Waals surface area contributed by atoms with Crippen LogP contribution in [0.3, 0.4) is 0 Å². The van der Waals surface area contributed by atoms with Crippen LogP contribution in [0.5, 0.6) is 0 Å².